The molecule has 0 unspecified atom stereocenters. The number of hydrazine groups is 1. The van der Waals surface area contributed by atoms with E-state index in [1.807, 2.05) is 0 Å². The molecule has 5 nitrogen and oxygen atoms in total. The van der Waals surface area contributed by atoms with E-state index in [2.05, 4.69) is 5.43 Å². The highest BCUT2D eigenvalue weighted by Gasteiger charge is 2.12. The van der Waals surface area contributed by atoms with Crippen molar-refractivity contribution in [1.29, 1.82) is 0 Å². The first-order valence-electron chi connectivity index (χ1n) is 3.06. The third kappa shape index (κ3) is 3.11. The van der Waals surface area contributed by atoms with Gasteiger partial charge in [0.15, 0.2) is 0 Å². The van der Waals surface area contributed by atoms with E-state index in [1.165, 1.54) is 0 Å². The first kappa shape index (κ1) is 9.83. The Balaban J connectivity index is 4.08. The minimum atomic E-state index is -3.55. The van der Waals surface area contributed by atoms with Gasteiger partial charge in [-0.1, -0.05) is 6.92 Å². The Morgan fingerprint density at radius 3 is 2.10 bits per heavy atom. The normalized spacial score (nSPS) is 12.4. The zero-order valence-electron chi connectivity index (χ0n) is 6.16. The fourth-order valence-corrected chi connectivity index (χ4v) is 1.23. The van der Waals surface area contributed by atoms with Gasteiger partial charge in [-0.25, -0.2) is 10.6 Å². The summed E-state index contributed by atoms with van der Waals surface area (Å²) in [5.74, 6) is 0. The van der Waals surface area contributed by atoms with E-state index >= 15 is 0 Å². The van der Waals surface area contributed by atoms with Crippen LogP contribution < -0.4 is 10.6 Å². The quantitative estimate of drug-likeness (QED) is 0.529. The molecule has 0 aliphatic rings. The number of nitrogens with zero attached hydrogens (tertiary/aromatic N) is 1. The van der Waals surface area contributed by atoms with Gasteiger partial charge in [0.1, 0.15) is 0 Å². The number of hydrogen-bond donors (Lipinski definition) is 2. The molecule has 0 aromatic carbocycles. The van der Waals surface area contributed by atoms with E-state index in [9.17, 15) is 8.42 Å². The second kappa shape index (κ2) is 3.87. The maximum absolute atomic E-state index is 10.6. The minimum Gasteiger partial charge on any atom is -0.241 e. The summed E-state index contributed by atoms with van der Waals surface area (Å²) < 4.78 is 22.2. The van der Waals surface area contributed by atoms with Crippen LogP contribution in [0.15, 0.2) is 0 Å². The number of nitrogens with two attached hydrogens (primary N) is 1. The molecule has 0 spiro atoms. The highest BCUT2D eigenvalue weighted by molar-refractivity contribution is 7.86. The summed E-state index contributed by atoms with van der Waals surface area (Å²) in [7, 11) is -3.55. The molecule has 0 aliphatic carbocycles. The predicted octanol–water partition coefficient (Wildman–Crippen LogP) is -0.964. The molecule has 0 radical (unpaired) electrons. The SMILES string of the molecule is CCNN(CC)S(N)(=O)=O. The summed E-state index contributed by atoms with van der Waals surface area (Å²) in [5, 5.41) is 4.81. The van der Waals surface area contributed by atoms with E-state index < -0.39 is 10.2 Å². The molecule has 6 heteroatoms. The van der Waals surface area contributed by atoms with E-state index in [0.717, 1.165) is 4.41 Å². The Morgan fingerprint density at radius 2 is 2.00 bits per heavy atom. The molecular formula is C4H13N3O2S. The smallest absolute Gasteiger partial charge is 0.241 e. The molecule has 3 N–H and O–H groups in total. The van der Waals surface area contributed by atoms with Crippen LogP contribution in [0, 0.1) is 0 Å². The first-order chi connectivity index (χ1) is 4.52. The largest absolute Gasteiger partial charge is 0.289 e. The summed E-state index contributed by atoms with van der Waals surface area (Å²) in [4.78, 5) is 0. The van der Waals surface area contributed by atoms with Crippen LogP contribution in [0.5, 0.6) is 0 Å². The van der Waals surface area contributed by atoms with Crippen molar-refractivity contribution < 1.29 is 8.42 Å². The van der Waals surface area contributed by atoms with Crippen molar-refractivity contribution >= 4 is 10.2 Å². The highest BCUT2D eigenvalue weighted by Crippen LogP contribution is 1.86. The van der Waals surface area contributed by atoms with Crippen molar-refractivity contribution in [2.24, 2.45) is 5.14 Å². The van der Waals surface area contributed by atoms with Gasteiger partial charge >= 0.3 is 0 Å². The van der Waals surface area contributed by atoms with E-state index in [-0.39, 0.29) is 0 Å². The van der Waals surface area contributed by atoms with Crippen molar-refractivity contribution in [3.8, 4) is 0 Å². The third-order valence-corrected chi connectivity index (χ3v) is 1.93. The van der Waals surface area contributed by atoms with Crippen molar-refractivity contribution in [3.05, 3.63) is 0 Å². The van der Waals surface area contributed by atoms with Gasteiger partial charge in [0, 0.05) is 13.1 Å². The Morgan fingerprint density at radius 1 is 1.50 bits per heavy atom. The lowest BCUT2D eigenvalue weighted by Gasteiger charge is -2.16. The van der Waals surface area contributed by atoms with E-state index in [0.29, 0.717) is 13.1 Å². The molecule has 0 rings (SSSR count). The Hall–Kier alpha value is -0.170. The lowest BCUT2D eigenvalue weighted by atomic mass is 10.8. The fourth-order valence-electron chi connectivity index (χ4n) is 0.558. The number of nitrogens with one attached hydrogen (secondary N) is 1. The van der Waals surface area contributed by atoms with Crippen LogP contribution in [0.4, 0.5) is 0 Å². The summed E-state index contributed by atoms with van der Waals surface area (Å²) in [6, 6.07) is 0. The molecule has 0 saturated heterocycles. The molecule has 0 amide bonds. The van der Waals surface area contributed by atoms with Crippen LogP contribution in [-0.4, -0.2) is 25.9 Å². The lowest BCUT2D eigenvalue weighted by Crippen LogP contribution is -2.46. The van der Waals surface area contributed by atoms with Crippen molar-refractivity contribution in [2.75, 3.05) is 13.1 Å². The van der Waals surface area contributed by atoms with Gasteiger partial charge in [0.05, 0.1) is 0 Å². The third-order valence-electron chi connectivity index (χ3n) is 0.929. The van der Waals surface area contributed by atoms with E-state index in [1.54, 1.807) is 13.8 Å². The van der Waals surface area contributed by atoms with E-state index in [4.69, 9.17) is 5.14 Å². The molecule has 0 bridgehead atoms. The van der Waals surface area contributed by atoms with Gasteiger partial charge in [-0.15, -0.1) is 4.41 Å². The van der Waals surface area contributed by atoms with Gasteiger partial charge in [-0.05, 0) is 6.92 Å². The van der Waals surface area contributed by atoms with Crippen molar-refractivity contribution in [2.45, 2.75) is 13.8 Å². The first-order valence-corrected chi connectivity index (χ1v) is 4.56. The van der Waals surface area contributed by atoms with Gasteiger partial charge in [0.25, 0.3) is 10.2 Å². The topological polar surface area (TPSA) is 75.4 Å². The standard InChI is InChI=1S/C4H13N3O2S/c1-3-6-7(4-2)10(5,8)9/h6H,3-4H2,1-2H3,(H2,5,8,9). The molecule has 0 aromatic heterocycles. The number of hydrogen-bond acceptors (Lipinski definition) is 3. The molecule has 0 atom stereocenters. The summed E-state index contributed by atoms with van der Waals surface area (Å²) in [6.45, 7) is 4.39. The highest BCUT2D eigenvalue weighted by atomic mass is 32.2. The Bertz CT molecular complexity index is 177. The molecule has 0 heterocycles. The van der Waals surface area contributed by atoms with Crippen LogP contribution in [0.2, 0.25) is 0 Å². The molecular weight excluding hydrogens is 154 g/mol. The molecule has 0 aliphatic heterocycles. The maximum atomic E-state index is 10.6. The van der Waals surface area contributed by atoms with Crippen LogP contribution in [-0.2, 0) is 10.2 Å². The molecule has 0 aromatic rings. The minimum absolute atomic E-state index is 0.340. The fraction of sp³-hybridized carbons (Fsp3) is 1.00. The van der Waals surface area contributed by atoms with Crippen LogP contribution >= 0.6 is 0 Å². The molecule has 10 heavy (non-hydrogen) atoms. The van der Waals surface area contributed by atoms with Crippen LogP contribution in [0.1, 0.15) is 13.8 Å². The van der Waals surface area contributed by atoms with Gasteiger partial charge in [-0.2, -0.15) is 8.42 Å². The Kier molecular flexibility index (Phi) is 3.80. The average molecular weight is 167 g/mol. The Labute approximate surface area is 61.3 Å². The average Bonchev–Trinajstić information content (AvgIpc) is 1.80. The summed E-state index contributed by atoms with van der Waals surface area (Å²) in [6.07, 6.45) is 0. The second-order valence-electron chi connectivity index (χ2n) is 1.72. The van der Waals surface area contributed by atoms with Gasteiger partial charge in [-0.3, -0.25) is 0 Å². The van der Waals surface area contributed by atoms with Gasteiger partial charge in [0.2, 0.25) is 0 Å². The predicted molar refractivity (Wildman–Crippen MR) is 39.2 cm³/mol. The summed E-state index contributed by atoms with van der Waals surface area (Å²) >= 11 is 0. The van der Waals surface area contributed by atoms with Crippen LogP contribution in [0.3, 0.4) is 0 Å². The second-order valence-corrected chi connectivity index (χ2v) is 3.19. The molecule has 62 valence electrons. The zero-order chi connectivity index (χ0) is 8.20. The van der Waals surface area contributed by atoms with Gasteiger partial charge < -0.3 is 0 Å². The monoisotopic (exact) mass is 167 g/mol. The van der Waals surface area contributed by atoms with Crippen LogP contribution in [0.25, 0.3) is 0 Å². The molecule has 0 fully saturated rings. The number of rotatable bonds is 4. The molecule has 0 saturated carbocycles. The zero-order valence-corrected chi connectivity index (χ0v) is 6.98. The van der Waals surface area contributed by atoms with Crippen molar-refractivity contribution in [3.63, 3.8) is 0 Å². The maximum Gasteiger partial charge on any atom is 0.289 e. The summed E-state index contributed by atoms with van der Waals surface area (Å²) in [5.41, 5.74) is 2.59. The van der Waals surface area contributed by atoms with Crippen molar-refractivity contribution in [1.82, 2.24) is 9.84 Å². The lowest BCUT2D eigenvalue weighted by molar-refractivity contribution is 0.338.